The molecule has 0 aliphatic heterocycles. The second kappa shape index (κ2) is 8.98. The first-order chi connectivity index (χ1) is 13.2. The number of pyridine rings is 1. The average Bonchev–Trinajstić information content (AvgIpc) is 2.73. The fourth-order valence-corrected chi connectivity index (χ4v) is 2.88. The van der Waals surface area contributed by atoms with Crippen LogP contribution < -0.4 is 4.74 Å². The summed E-state index contributed by atoms with van der Waals surface area (Å²) >= 11 is 0. The van der Waals surface area contributed by atoms with Crippen molar-refractivity contribution in [3.63, 3.8) is 0 Å². The summed E-state index contributed by atoms with van der Waals surface area (Å²) in [5.41, 5.74) is 3.75. The number of hydrogen-bond acceptors (Lipinski definition) is 4. The van der Waals surface area contributed by atoms with Crippen LogP contribution in [-0.4, -0.2) is 22.3 Å². The van der Waals surface area contributed by atoms with Crippen molar-refractivity contribution < 1.29 is 9.84 Å². The molecule has 27 heavy (non-hydrogen) atoms. The van der Waals surface area contributed by atoms with Gasteiger partial charge in [0.25, 0.3) is 0 Å². The van der Waals surface area contributed by atoms with E-state index in [4.69, 9.17) is 10.00 Å². The van der Waals surface area contributed by atoms with Crippen LogP contribution >= 0.6 is 0 Å². The lowest BCUT2D eigenvalue weighted by atomic mass is 10.0. The highest BCUT2D eigenvalue weighted by Crippen LogP contribution is 2.24. The third-order valence-corrected chi connectivity index (χ3v) is 4.49. The first kappa shape index (κ1) is 18.6. The number of nitrogens with zero attached hydrogens (tertiary/aromatic N) is 2. The Morgan fingerprint density at radius 2 is 1.89 bits per heavy atom. The summed E-state index contributed by atoms with van der Waals surface area (Å²) in [4.78, 5) is 4.09. The number of aromatic nitrogens is 1. The molecule has 3 rings (SSSR count). The molecule has 0 saturated heterocycles. The Labute approximate surface area is 159 Å². The van der Waals surface area contributed by atoms with Crippen molar-refractivity contribution in [3.05, 3.63) is 84.2 Å². The molecule has 3 aromatic rings. The summed E-state index contributed by atoms with van der Waals surface area (Å²) in [6.45, 7) is 1.87. The lowest BCUT2D eigenvalue weighted by Gasteiger charge is -2.20. The zero-order valence-corrected chi connectivity index (χ0v) is 15.2. The van der Waals surface area contributed by atoms with Gasteiger partial charge < -0.3 is 9.84 Å². The predicted molar refractivity (Wildman–Crippen MR) is 105 cm³/mol. The Balaban J connectivity index is 1.57. The summed E-state index contributed by atoms with van der Waals surface area (Å²) in [6.07, 6.45) is 4.07. The van der Waals surface area contributed by atoms with Gasteiger partial charge in [0, 0.05) is 12.4 Å². The van der Waals surface area contributed by atoms with E-state index in [1.807, 2.05) is 67.7 Å². The normalized spacial score (nSPS) is 12.8. The van der Waals surface area contributed by atoms with Gasteiger partial charge in [0.15, 0.2) is 0 Å². The van der Waals surface area contributed by atoms with Gasteiger partial charge in [0.05, 0.1) is 17.7 Å². The van der Waals surface area contributed by atoms with Crippen LogP contribution in [0.25, 0.3) is 11.1 Å². The van der Waals surface area contributed by atoms with E-state index in [9.17, 15) is 5.11 Å². The number of benzene rings is 2. The van der Waals surface area contributed by atoms with Crippen LogP contribution in [0.1, 0.15) is 24.5 Å². The standard InChI is InChI=1S/C23H22N2O2/c1-17(23(26)12-7-18-5-3-13-25-16-18)27-22-10-8-20(9-11-22)21-6-2-4-19(14-21)15-24/h2-6,8-11,13-14,16-17,23,26H,7,12H2,1H3/t17-,23+/m0/s1. The molecule has 4 heteroatoms. The second-order valence-corrected chi connectivity index (χ2v) is 6.51. The number of nitriles is 1. The van der Waals surface area contributed by atoms with E-state index >= 15 is 0 Å². The Morgan fingerprint density at radius 1 is 1.07 bits per heavy atom. The molecular weight excluding hydrogens is 336 g/mol. The van der Waals surface area contributed by atoms with E-state index in [1.54, 1.807) is 12.3 Å². The maximum Gasteiger partial charge on any atom is 0.122 e. The van der Waals surface area contributed by atoms with Crippen molar-refractivity contribution in [1.29, 1.82) is 5.26 Å². The van der Waals surface area contributed by atoms with Gasteiger partial charge in [-0.2, -0.15) is 5.26 Å². The van der Waals surface area contributed by atoms with Crippen LogP contribution in [-0.2, 0) is 6.42 Å². The number of aryl methyl sites for hydroxylation is 1. The maximum atomic E-state index is 10.4. The predicted octanol–water partition coefficient (Wildman–Crippen LogP) is 4.38. The lowest BCUT2D eigenvalue weighted by molar-refractivity contribution is 0.0420. The Morgan fingerprint density at radius 3 is 2.59 bits per heavy atom. The van der Waals surface area contributed by atoms with Crippen molar-refractivity contribution in [2.45, 2.75) is 32.0 Å². The van der Waals surface area contributed by atoms with E-state index in [-0.39, 0.29) is 6.10 Å². The maximum absolute atomic E-state index is 10.4. The number of hydrogen-bond donors (Lipinski definition) is 1. The Kier molecular flexibility index (Phi) is 6.19. The number of aliphatic hydroxyl groups is 1. The molecule has 1 heterocycles. The van der Waals surface area contributed by atoms with Gasteiger partial charge in [-0.25, -0.2) is 0 Å². The molecule has 4 nitrogen and oxygen atoms in total. The van der Waals surface area contributed by atoms with Gasteiger partial charge in [-0.1, -0.05) is 30.3 Å². The molecule has 1 aromatic heterocycles. The van der Waals surface area contributed by atoms with E-state index < -0.39 is 6.10 Å². The first-order valence-electron chi connectivity index (χ1n) is 9.00. The fourth-order valence-electron chi connectivity index (χ4n) is 2.88. The third-order valence-electron chi connectivity index (χ3n) is 4.49. The number of rotatable bonds is 7. The summed E-state index contributed by atoms with van der Waals surface area (Å²) in [7, 11) is 0. The zero-order chi connectivity index (χ0) is 19.1. The monoisotopic (exact) mass is 358 g/mol. The van der Waals surface area contributed by atoms with Crippen molar-refractivity contribution in [1.82, 2.24) is 4.98 Å². The van der Waals surface area contributed by atoms with Crippen LogP contribution in [0.2, 0.25) is 0 Å². The molecule has 0 radical (unpaired) electrons. The van der Waals surface area contributed by atoms with Gasteiger partial charge in [-0.15, -0.1) is 0 Å². The minimum Gasteiger partial charge on any atom is -0.488 e. The smallest absolute Gasteiger partial charge is 0.122 e. The molecule has 0 unspecified atom stereocenters. The van der Waals surface area contributed by atoms with Crippen molar-refractivity contribution in [3.8, 4) is 22.9 Å². The van der Waals surface area contributed by atoms with E-state index in [0.717, 1.165) is 23.1 Å². The average molecular weight is 358 g/mol. The quantitative estimate of drug-likeness (QED) is 0.680. The molecule has 0 fully saturated rings. The first-order valence-corrected chi connectivity index (χ1v) is 9.00. The summed E-state index contributed by atoms with van der Waals surface area (Å²) in [5, 5.41) is 19.4. The fraction of sp³-hybridized carbons (Fsp3) is 0.217. The van der Waals surface area contributed by atoms with E-state index in [0.29, 0.717) is 17.7 Å². The third kappa shape index (κ3) is 5.16. The molecule has 0 saturated carbocycles. The molecule has 0 bridgehead atoms. The van der Waals surface area contributed by atoms with Crippen molar-refractivity contribution in [2.75, 3.05) is 0 Å². The van der Waals surface area contributed by atoms with Crippen LogP contribution in [0.15, 0.2) is 73.1 Å². The van der Waals surface area contributed by atoms with Crippen molar-refractivity contribution >= 4 is 0 Å². The SMILES string of the molecule is C[C@H](Oc1ccc(-c2cccc(C#N)c2)cc1)[C@H](O)CCc1cccnc1. The minimum atomic E-state index is -0.558. The van der Waals surface area contributed by atoms with Gasteiger partial charge >= 0.3 is 0 Å². The van der Waals surface area contributed by atoms with Crippen LogP contribution in [0.5, 0.6) is 5.75 Å². The van der Waals surface area contributed by atoms with Gasteiger partial charge in [-0.3, -0.25) is 4.98 Å². The van der Waals surface area contributed by atoms with Crippen LogP contribution in [0.3, 0.4) is 0 Å². The van der Waals surface area contributed by atoms with Crippen LogP contribution in [0.4, 0.5) is 0 Å². The topological polar surface area (TPSA) is 66.1 Å². The Hall–Kier alpha value is -3.16. The summed E-state index contributed by atoms with van der Waals surface area (Å²) < 4.78 is 5.88. The molecule has 136 valence electrons. The highest BCUT2D eigenvalue weighted by molar-refractivity contribution is 5.65. The van der Waals surface area contributed by atoms with E-state index in [1.165, 1.54) is 0 Å². The highest BCUT2D eigenvalue weighted by atomic mass is 16.5. The van der Waals surface area contributed by atoms with E-state index in [2.05, 4.69) is 11.1 Å². The number of ether oxygens (including phenoxy) is 1. The largest absolute Gasteiger partial charge is 0.488 e. The second-order valence-electron chi connectivity index (χ2n) is 6.51. The number of aliphatic hydroxyl groups excluding tert-OH is 1. The lowest BCUT2D eigenvalue weighted by Crippen LogP contribution is -2.29. The summed E-state index contributed by atoms with van der Waals surface area (Å²) in [6, 6.07) is 21.2. The summed E-state index contributed by atoms with van der Waals surface area (Å²) in [5.74, 6) is 0.711. The molecule has 0 amide bonds. The highest BCUT2D eigenvalue weighted by Gasteiger charge is 2.16. The molecule has 2 atom stereocenters. The van der Waals surface area contributed by atoms with Crippen molar-refractivity contribution in [2.24, 2.45) is 0 Å². The Bertz CT molecular complexity index is 902. The van der Waals surface area contributed by atoms with Gasteiger partial charge in [0.1, 0.15) is 11.9 Å². The van der Waals surface area contributed by atoms with Crippen LogP contribution in [0, 0.1) is 11.3 Å². The molecule has 2 aromatic carbocycles. The molecule has 0 aliphatic carbocycles. The minimum absolute atomic E-state index is 0.311. The zero-order valence-electron chi connectivity index (χ0n) is 15.2. The molecule has 0 spiro atoms. The molecule has 0 aliphatic rings. The molecular formula is C23H22N2O2. The van der Waals surface area contributed by atoms with Gasteiger partial charge in [-0.05, 0) is 66.8 Å². The van der Waals surface area contributed by atoms with Gasteiger partial charge in [0.2, 0.25) is 0 Å². The molecule has 1 N–H and O–H groups in total.